The van der Waals surface area contributed by atoms with Gasteiger partial charge in [0.25, 0.3) is 8.32 Å². The minimum Gasteiger partial charge on any atom is -0.444 e. The Balaban J connectivity index is 1.92. The van der Waals surface area contributed by atoms with Crippen molar-refractivity contribution in [3.05, 3.63) is 60.7 Å². The Hall–Kier alpha value is -2.44. The number of carbonyl (C=O) groups excluding carboxylic acids is 2. The van der Waals surface area contributed by atoms with Crippen LogP contribution in [0.25, 0.3) is 0 Å². The Kier molecular flexibility index (Phi) is 8.60. The zero-order chi connectivity index (χ0) is 25.7. The van der Waals surface area contributed by atoms with E-state index >= 15 is 0 Å². The fraction of sp³-hybridized carbons (Fsp3) is 0.517. The SMILES string of the molecule is CC(C)(C)OC(=O)N[C@@H]1C[C@@H](CC=O)CC[C@H]1CC(C)(C)[Si](O)(c1ccccc1)c1ccccc1. The molecule has 0 radical (unpaired) electrons. The first-order chi connectivity index (χ1) is 16.5. The molecule has 0 spiro atoms. The molecule has 3 rings (SSSR count). The summed E-state index contributed by atoms with van der Waals surface area (Å²) in [5.41, 5.74) is -0.580. The van der Waals surface area contributed by atoms with Gasteiger partial charge in [0.1, 0.15) is 11.9 Å². The maximum absolute atomic E-state index is 12.7. The predicted molar refractivity (Wildman–Crippen MR) is 143 cm³/mol. The van der Waals surface area contributed by atoms with Gasteiger partial charge in [0, 0.05) is 12.5 Å². The van der Waals surface area contributed by atoms with Gasteiger partial charge in [-0.1, -0.05) is 74.5 Å². The molecule has 6 heteroatoms. The van der Waals surface area contributed by atoms with Crippen molar-refractivity contribution in [2.24, 2.45) is 11.8 Å². The third-order valence-electron chi connectivity index (χ3n) is 7.37. The van der Waals surface area contributed by atoms with Crippen LogP contribution in [0.1, 0.15) is 66.7 Å². The number of rotatable bonds is 8. The highest BCUT2D eigenvalue weighted by Gasteiger charge is 2.51. The molecule has 0 heterocycles. The van der Waals surface area contributed by atoms with Gasteiger partial charge in [0.2, 0.25) is 0 Å². The van der Waals surface area contributed by atoms with Gasteiger partial charge in [-0.3, -0.25) is 0 Å². The number of aldehydes is 1. The van der Waals surface area contributed by atoms with Crippen molar-refractivity contribution >= 4 is 31.1 Å². The van der Waals surface area contributed by atoms with Crippen molar-refractivity contribution in [2.45, 2.75) is 83.4 Å². The summed E-state index contributed by atoms with van der Waals surface area (Å²) in [6.07, 6.45) is 4.42. The van der Waals surface area contributed by atoms with Crippen molar-refractivity contribution in [3.8, 4) is 0 Å². The number of carbonyl (C=O) groups is 2. The third kappa shape index (κ3) is 6.61. The molecule has 5 nitrogen and oxygen atoms in total. The lowest BCUT2D eigenvalue weighted by Gasteiger charge is -2.46. The zero-order valence-corrected chi connectivity index (χ0v) is 22.8. The number of benzene rings is 2. The second-order valence-electron chi connectivity index (χ2n) is 11.6. The van der Waals surface area contributed by atoms with Gasteiger partial charge in [-0.2, -0.15) is 0 Å². The number of alkyl carbamates (subject to hydrolysis) is 1. The van der Waals surface area contributed by atoms with E-state index in [4.69, 9.17) is 4.74 Å². The van der Waals surface area contributed by atoms with E-state index < -0.39 is 25.0 Å². The van der Waals surface area contributed by atoms with Crippen LogP contribution >= 0.6 is 0 Å². The molecule has 0 unspecified atom stereocenters. The number of ether oxygens (including phenoxy) is 1. The molecule has 1 aliphatic rings. The molecule has 0 bridgehead atoms. The van der Waals surface area contributed by atoms with Crippen LogP contribution in [0.15, 0.2) is 60.7 Å². The first kappa shape index (κ1) is 27.1. The van der Waals surface area contributed by atoms with Gasteiger partial charge in [0.15, 0.2) is 0 Å². The van der Waals surface area contributed by atoms with Gasteiger partial charge < -0.3 is 19.6 Å². The van der Waals surface area contributed by atoms with E-state index in [9.17, 15) is 14.4 Å². The quantitative estimate of drug-likeness (QED) is 0.407. The van der Waals surface area contributed by atoms with Crippen molar-refractivity contribution in [1.29, 1.82) is 0 Å². The zero-order valence-electron chi connectivity index (χ0n) is 21.8. The Labute approximate surface area is 211 Å². The summed E-state index contributed by atoms with van der Waals surface area (Å²) in [7, 11) is -3.15. The number of hydrogen-bond acceptors (Lipinski definition) is 4. The molecule has 1 fully saturated rings. The maximum Gasteiger partial charge on any atom is 0.407 e. The van der Waals surface area contributed by atoms with Crippen LogP contribution < -0.4 is 15.7 Å². The van der Waals surface area contributed by atoms with E-state index in [0.717, 1.165) is 42.3 Å². The molecule has 1 aliphatic carbocycles. The molecule has 0 aliphatic heterocycles. The highest BCUT2D eigenvalue weighted by atomic mass is 28.4. The minimum absolute atomic E-state index is 0.104. The first-order valence-electron chi connectivity index (χ1n) is 12.7. The summed E-state index contributed by atoms with van der Waals surface area (Å²) in [4.78, 5) is 36.5. The van der Waals surface area contributed by atoms with Crippen LogP contribution in [-0.2, 0) is 9.53 Å². The van der Waals surface area contributed by atoms with Crippen LogP contribution in [0.2, 0.25) is 5.04 Å². The predicted octanol–water partition coefficient (Wildman–Crippen LogP) is 4.81. The standard InChI is InChI=1S/C29H41NO4Si/c1-28(2,3)34-27(32)30-26-20-22(18-19-31)16-17-23(26)21-29(4,5)35(33,24-12-8-6-9-13-24)25-14-10-7-11-15-25/h6-15,19,22-23,26,33H,16-18,20-21H2,1-5H3,(H,30,32)/t22-,23+,26-/m1/s1. The molecular formula is C29H41NO4Si. The third-order valence-corrected chi connectivity index (χ3v) is 11.9. The topological polar surface area (TPSA) is 75.6 Å². The molecule has 2 aromatic rings. The Morgan fingerprint density at radius 2 is 1.54 bits per heavy atom. The smallest absolute Gasteiger partial charge is 0.407 e. The van der Waals surface area contributed by atoms with Crippen LogP contribution in [0.5, 0.6) is 0 Å². The van der Waals surface area contributed by atoms with Gasteiger partial charge >= 0.3 is 6.09 Å². The van der Waals surface area contributed by atoms with Crippen molar-refractivity contribution in [1.82, 2.24) is 5.32 Å². The highest BCUT2D eigenvalue weighted by molar-refractivity contribution is 6.98. The molecule has 0 saturated heterocycles. The van der Waals surface area contributed by atoms with Gasteiger partial charge in [-0.15, -0.1) is 0 Å². The van der Waals surface area contributed by atoms with E-state index in [2.05, 4.69) is 19.2 Å². The van der Waals surface area contributed by atoms with E-state index in [1.54, 1.807) is 0 Å². The molecule has 2 aromatic carbocycles. The van der Waals surface area contributed by atoms with Gasteiger partial charge in [0.05, 0.1) is 0 Å². The highest BCUT2D eigenvalue weighted by Crippen LogP contribution is 2.46. The number of nitrogens with one attached hydrogen (secondary N) is 1. The van der Waals surface area contributed by atoms with E-state index in [-0.39, 0.29) is 17.9 Å². The summed E-state index contributed by atoms with van der Waals surface area (Å²) < 4.78 is 5.56. The summed E-state index contributed by atoms with van der Waals surface area (Å²) in [6.45, 7) is 9.90. The fourth-order valence-electron chi connectivity index (χ4n) is 5.66. The molecule has 3 atom stereocenters. The average Bonchev–Trinajstić information content (AvgIpc) is 2.80. The van der Waals surface area contributed by atoms with Crippen LogP contribution in [-0.4, -0.2) is 37.1 Å². The van der Waals surface area contributed by atoms with E-state index in [1.807, 2.05) is 81.4 Å². The number of amides is 1. The molecule has 0 aromatic heterocycles. The lowest BCUT2D eigenvalue weighted by molar-refractivity contribution is -0.108. The van der Waals surface area contributed by atoms with Crippen molar-refractivity contribution < 1.29 is 19.1 Å². The molecule has 2 N–H and O–H groups in total. The Morgan fingerprint density at radius 1 is 1.00 bits per heavy atom. The van der Waals surface area contributed by atoms with E-state index in [1.165, 1.54) is 0 Å². The normalized spacial score (nSPS) is 21.3. The summed E-state index contributed by atoms with van der Waals surface area (Å²) in [6, 6.07) is 20.0. The van der Waals surface area contributed by atoms with Crippen molar-refractivity contribution in [3.63, 3.8) is 0 Å². The second-order valence-corrected chi connectivity index (χ2v) is 15.6. The second kappa shape index (κ2) is 11.1. The van der Waals surface area contributed by atoms with Crippen LogP contribution in [0, 0.1) is 11.8 Å². The van der Waals surface area contributed by atoms with Crippen LogP contribution in [0.3, 0.4) is 0 Å². The van der Waals surface area contributed by atoms with E-state index in [0.29, 0.717) is 6.42 Å². The molecular weight excluding hydrogens is 454 g/mol. The summed E-state index contributed by atoms with van der Waals surface area (Å²) in [5, 5.41) is 4.69. The Morgan fingerprint density at radius 3 is 2.03 bits per heavy atom. The molecule has 1 saturated carbocycles. The lowest BCUT2D eigenvalue weighted by Crippen LogP contribution is -2.66. The molecule has 1 amide bonds. The largest absolute Gasteiger partial charge is 0.444 e. The Bertz CT molecular complexity index is 932. The summed E-state index contributed by atoms with van der Waals surface area (Å²) >= 11 is 0. The monoisotopic (exact) mass is 495 g/mol. The maximum atomic E-state index is 12.7. The lowest BCUT2D eigenvalue weighted by atomic mass is 9.74. The van der Waals surface area contributed by atoms with Crippen LogP contribution in [0.4, 0.5) is 4.79 Å². The van der Waals surface area contributed by atoms with Crippen molar-refractivity contribution in [2.75, 3.05) is 0 Å². The average molecular weight is 496 g/mol. The fourth-order valence-corrected chi connectivity index (χ4v) is 9.46. The van der Waals surface area contributed by atoms with Gasteiger partial charge in [-0.25, -0.2) is 4.79 Å². The minimum atomic E-state index is -3.15. The molecule has 35 heavy (non-hydrogen) atoms. The molecule has 190 valence electrons. The number of hydrogen-bond donors (Lipinski definition) is 2. The van der Waals surface area contributed by atoms with Gasteiger partial charge in [-0.05, 0) is 73.7 Å². The first-order valence-corrected chi connectivity index (χ1v) is 14.7. The summed E-state index contributed by atoms with van der Waals surface area (Å²) in [5.74, 6) is 0.429.